The highest BCUT2D eigenvalue weighted by Crippen LogP contribution is 2.21. The lowest BCUT2D eigenvalue weighted by Crippen LogP contribution is -2.27. The summed E-state index contributed by atoms with van der Waals surface area (Å²) in [6.07, 6.45) is 0. The summed E-state index contributed by atoms with van der Waals surface area (Å²) in [5.74, 6) is 2.72. The van der Waals surface area contributed by atoms with E-state index in [0.29, 0.717) is 0 Å². The van der Waals surface area contributed by atoms with Crippen molar-refractivity contribution < 1.29 is 4.79 Å². The number of carbonyl (C=O) groups excluding carboxylic acids is 1. The zero-order valence-corrected chi connectivity index (χ0v) is 10.7. The molecule has 0 bridgehead atoms. The number of nitrogens with zero attached hydrogens (tertiary/aromatic N) is 1. The molecule has 6 heteroatoms. The molecule has 0 aromatic carbocycles. The third kappa shape index (κ3) is 6.40. The van der Waals surface area contributed by atoms with Gasteiger partial charge in [0.2, 0.25) is 0 Å². The number of urea groups is 1. The second-order valence-electron chi connectivity index (χ2n) is 1.93. The first kappa shape index (κ1) is 13.3. The summed E-state index contributed by atoms with van der Waals surface area (Å²) in [6, 6.07) is -0.0226. The molecule has 0 fully saturated rings. The van der Waals surface area contributed by atoms with Crippen LogP contribution in [0.4, 0.5) is 4.79 Å². The third-order valence-corrected chi connectivity index (χ3v) is 3.52. The molecule has 0 saturated heterocycles. The molecule has 13 heavy (non-hydrogen) atoms. The molecule has 0 aliphatic heterocycles. The highest BCUT2D eigenvalue weighted by atomic mass is 32.2. The molecule has 78 valence electrons. The van der Waals surface area contributed by atoms with E-state index in [4.69, 9.17) is 0 Å². The Balaban J connectivity index is 3.80. The van der Waals surface area contributed by atoms with Gasteiger partial charge in [0, 0.05) is 17.3 Å². The predicted octanol–water partition coefficient (Wildman–Crippen LogP) is 3.00. The maximum absolute atomic E-state index is 11.4. The molecule has 2 amide bonds. The van der Waals surface area contributed by atoms with E-state index in [1.807, 2.05) is 20.8 Å². The SMILES string of the molecule is CCSNC(=O)N(SCC)SCC. The van der Waals surface area contributed by atoms with Crippen LogP contribution in [0, 0.1) is 0 Å². The van der Waals surface area contributed by atoms with Crippen LogP contribution in [0.1, 0.15) is 20.8 Å². The van der Waals surface area contributed by atoms with Gasteiger partial charge in [-0.15, -0.1) is 0 Å². The van der Waals surface area contributed by atoms with E-state index in [-0.39, 0.29) is 6.03 Å². The normalized spacial score (nSPS) is 9.77. The van der Waals surface area contributed by atoms with Crippen molar-refractivity contribution >= 4 is 41.9 Å². The lowest BCUT2D eigenvalue weighted by Gasteiger charge is -2.17. The van der Waals surface area contributed by atoms with Gasteiger partial charge < -0.3 is 0 Å². The molecule has 0 unspecified atom stereocenters. The maximum Gasteiger partial charge on any atom is 0.347 e. The zero-order chi connectivity index (χ0) is 10.1. The van der Waals surface area contributed by atoms with E-state index in [1.165, 1.54) is 35.8 Å². The minimum Gasteiger partial charge on any atom is -0.280 e. The van der Waals surface area contributed by atoms with E-state index >= 15 is 0 Å². The Morgan fingerprint density at radius 2 is 1.69 bits per heavy atom. The Labute approximate surface area is 93.2 Å². The van der Waals surface area contributed by atoms with E-state index < -0.39 is 0 Å². The Hall–Kier alpha value is 0.320. The van der Waals surface area contributed by atoms with Gasteiger partial charge in [-0.05, 0) is 35.8 Å². The van der Waals surface area contributed by atoms with E-state index in [1.54, 1.807) is 3.71 Å². The molecule has 0 saturated carbocycles. The van der Waals surface area contributed by atoms with Crippen molar-refractivity contribution in [2.75, 3.05) is 17.3 Å². The first-order valence-corrected chi connectivity index (χ1v) is 7.10. The number of hydrogen-bond acceptors (Lipinski definition) is 4. The molecule has 0 spiro atoms. The van der Waals surface area contributed by atoms with Gasteiger partial charge in [-0.25, -0.2) is 8.51 Å². The Bertz CT molecular complexity index is 140. The van der Waals surface area contributed by atoms with Gasteiger partial charge >= 0.3 is 6.03 Å². The van der Waals surface area contributed by atoms with Gasteiger partial charge in [-0.1, -0.05) is 20.8 Å². The third-order valence-electron chi connectivity index (χ3n) is 0.962. The van der Waals surface area contributed by atoms with Gasteiger partial charge in [-0.2, -0.15) is 0 Å². The van der Waals surface area contributed by atoms with E-state index in [0.717, 1.165) is 17.3 Å². The molecule has 3 nitrogen and oxygen atoms in total. The van der Waals surface area contributed by atoms with E-state index in [2.05, 4.69) is 4.72 Å². The second kappa shape index (κ2) is 8.90. The average Bonchev–Trinajstić information content (AvgIpc) is 2.14. The Morgan fingerprint density at radius 1 is 1.15 bits per heavy atom. The Kier molecular flexibility index (Phi) is 9.12. The van der Waals surface area contributed by atoms with Crippen molar-refractivity contribution in [3.05, 3.63) is 0 Å². The number of rotatable bonds is 6. The number of amides is 2. The van der Waals surface area contributed by atoms with Gasteiger partial charge in [0.1, 0.15) is 0 Å². The highest BCUT2D eigenvalue weighted by molar-refractivity contribution is 8.12. The second-order valence-corrected chi connectivity index (χ2v) is 5.64. The first-order valence-electron chi connectivity index (χ1n) is 4.23. The topological polar surface area (TPSA) is 32.3 Å². The van der Waals surface area contributed by atoms with Gasteiger partial charge in [0.25, 0.3) is 0 Å². The lowest BCUT2D eigenvalue weighted by atomic mass is 11.0. The fraction of sp³-hybridized carbons (Fsp3) is 0.857. The summed E-state index contributed by atoms with van der Waals surface area (Å²) < 4.78 is 4.46. The van der Waals surface area contributed by atoms with Crippen molar-refractivity contribution in [2.45, 2.75) is 20.8 Å². The smallest absolute Gasteiger partial charge is 0.280 e. The molecule has 0 radical (unpaired) electrons. The minimum atomic E-state index is -0.0226. The highest BCUT2D eigenvalue weighted by Gasteiger charge is 2.12. The average molecular weight is 240 g/mol. The van der Waals surface area contributed by atoms with Crippen LogP contribution in [0.25, 0.3) is 0 Å². The van der Waals surface area contributed by atoms with Gasteiger partial charge in [0.15, 0.2) is 0 Å². The number of carbonyl (C=O) groups is 1. The van der Waals surface area contributed by atoms with Crippen LogP contribution in [0.5, 0.6) is 0 Å². The maximum atomic E-state index is 11.4. The summed E-state index contributed by atoms with van der Waals surface area (Å²) in [4.78, 5) is 11.4. The molecular formula is C7H16N2OS3. The van der Waals surface area contributed by atoms with E-state index in [9.17, 15) is 4.79 Å². The molecule has 0 aliphatic carbocycles. The van der Waals surface area contributed by atoms with Gasteiger partial charge in [-0.3, -0.25) is 4.72 Å². The minimum absolute atomic E-state index is 0.0226. The van der Waals surface area contributed by atoms with Crippen LogP contribution < -0.4 is 4.72 Å². The lowest BCUT2D eigenvalue weighted by molar-refractivity contribution is 0.244. The quantitative estimate of drug-likeness (QED) is 0.723. The first-order chi connectivity index (χ1) is 6.26. The van der Waals surface area contributed by atoms with Crippen molar-refractivity contribution in [1.29, 1.82) is 0 Å². The van der Waals surface area contributed by atoms with Crippen LogP contribution in [-0.4, -0.2) is 27.0 Å². The summed E-state index contributed by atoms with van der Waals surface area (Å²) in [7, 11) is 0. The van der Waals surface area contributed by atoms with Crippen LogP contribution >= 0.6 is 35.8 Å². The van der Waals surface area contributed by atoms with Crippen molar-refractivity contribution in [3.8, 4) is 0 Å². The molecule has 0 heterocycles. The zero-order valence-electron chi connectivity index (χ0n) is 8.20. The van der Waals surface area contributed by atoms with Crippen LogP contribution in [0.15, 0.2) is 0 Å². The Morgan fingerprint density at radius 3 is 2.08 bits per heavy atom. The van der Waals surface area contributed by atoms with Crippen LogP contribution in [0.2, 0.25) is 0 Å². The van der Waals surface area contributed by atoms with Crippen molar-refractivity contribution in [2.24, 2.45) is 0 Å². The molecule has 0 aromatic rings. The summed E-state index contributed by atoms with van der Waals surface area (Å²) in [6.45, 7) is 6.08. The summed E-state index contributed by atoms with van der Waals surface area (Å²) in [5, 5.41) is 0. The van der Waals surface area contributed by atoms with Crippen LogP contribution in [0.3, 0.4) is 0 Å². The summed E-state index contributed by atoms with van der Waals surface area (Å²) >= 11 is 4.49. The number of hydrogen-bond donors (Lipinski definition) is 1. The van der Waals surface area contributed by atoms with Gasteiger partial charge in [0.05, 0.1) is 0 Å². The molecule has 0 aliphatic rings. The fourth-order valence-corrected chi connectivity index (χ4v) is 2.76. The molecule has 0 atom stereocenters. The van der Waals surface area contributed by atoms with Crippen molar-refractivity contribution in [1.82, 2.24) is 8.43 Å². The van der Waals surface area contributed by atoms with Crippen molar-refractivity contribution in [3.63, 3.8) is 0 Å². The largest absolute Gasteiger partial charge is 0.347 e. The molecule has 0 rings (SSSR count). The molecule has 1 N–H and O–H groups in total. The monoisotopic (exact) mass is 240 g/mol. The predicted molar refractivity (Wildman–Crippen MR) is 64.8 cm³/mol. The van der Waals surface area contributed by atoms with Crippen LogP contribution in [-0.2, 0) is 0 Å². The number of nitrogens with one attached hydrogen (secondary N) is 1. The molecular weight excluding hydrogens is 224 g/mol. The molecule has 0 aromatic heterocycles. The standard InChI is InChI=1S/C7H16N2OS3/c1-4-11-8-7(10)9(12-5-2)13-6-3/h4-6H2,1-3H3,(H,8,10). The summed E-state index contributed by atoms with van der Waals surface area (Å²) in [5.41, 5.74) is 0. The fourth-order valence-electron chi connectivity index (χ4n) is 0.560.